The molecule has 1 fully saturated rings. The van der Waals surface area contributed by atoms with Gasteiger partial charge in [0.1, 0.15) is 5.75 Å². The largest absolute Gasteiger partial charge is 0.493 e. The summed E-state index contributed by atoms with van der Waals surface area (Å²) >= 11 is 0. The van der Waals surface area contributed by atoms with Gasteiger partial charge in [0.25, 0.3) is 0 Å². The Morgan fingerprint density at radius 2 is 2.20 bits per heavy atom. The monoisotopic (exact) mass is 276 g/mol. The Hall–Kier alpha value is -1.81. The second kappa shape index (κ2) is 7.10. The third-order valence-corrected chi connectivity index (χ3v) is 3.47. The van der Waals surface area contributed by atoms with Crippen LogP contribution in [0.4, 0.5) is 0 Å². The number of aliphatic carboxylic acids is 1. The van der Waals surface area contributed by atoms with Crippen molar-refractivity contribution >= 4 is 12.0 Å². The Labute approximate surface area is 119 Å². The molecule has 20 heavy (non-hydrogen) atoms. The Morgan fingerprint density at radius 1 is 1.45 bits per heavy atom. The number of carbonyl (C=O) groups is 1. The quantitative estimate of drug-likeness (QED) is 0.840. The molecule has 1 heterocycles. The first-order valence-corrected chi connectivity index (χ1v) is 6.87. The minimum atomic E-state index is -0.941. The SMILES string of the molecule is Cc1cc(OCC2CCOCC2)ccc1/C=C/C(=O)O. The van der Waals surface area contributed by atoms with Crippen molar-refractivity contribution in [1.29, 1.82) is 0 Å². The van der Waals surface area contributed by atoms with Crippen LogP contribution in [0.3, 0.4) is 0 Å². The molecular formula is C16H20O4. The van der Waals surface area contributed by atoms with Crippen molar-refractivity contribution in [2.75, 3.05) is 19.8 Å². The van der Waals surface area contributed by atoms with Crippen molar-refractivity contribution in [2.45, 2.75) is 19.8 Å². The van der Waals surface area contributed by atoms with Gasteiger partial charge in [-0.3, -0.25) is 0 Å². The van der Waals surface area contributed by atoms with Crippen LogP contribution in [0.15, 0.2) is 24.3 Å². The number of hydrogen-bond donors (Lipinski definition) is 1. The van der Waals surface area contributed by atoms with Crippen LogP contribution in [0.1, 0.15) is 24.0 Å². The van der Waals surface area contributed by atoms with Crippen molar-refractivity contribution in [3.05, 3.63) is 35.4 Å². The minimum absolute atomic E-state index is 0.565. The summed E-state index contributed by atoms with van der Waals surface area (Å²) in [5, 5.41) is 8.63. The predicted molar refractivity (Wildman–Crippen MR) is 76.9 cm³/mol. The average Bonchev–Trinajstić information content (AvgIpc) is 2.45. The summed E-state index contributed by atoms with van der Waals surface area (Å²) < 4.78 is 11.1. The molecule has 0 atom stereocenters. The van der Waals surface area contributed by atoms with Crippen LogP contribution in [0.5, 0.6) is 5.75 Å². The number of carboxylic acid groups (broad SMARTS) is 1. The minimum Gasteiger partial charge on any atom is -0.493 e. The van der Waals surface area contributed by atoms with Crippen LogP contribution in [-0.2, 0) is 9.53 Å². The molecule has 0 aliphatic carbocycles. The number of carboxylic acids is 1. The highest BCUT2D eigenvalue weighted by Crippen LogP contribution is 2.21. The van der Waals surface area contributed by atoms with Crippen molar-refractivity contribution < 1.29 is 19.4 Å². The van der Waals surface area contributed by atoms with Crippen molar-refractivity contribution in [3.8, 4) is 5.75 Å². The summed E-state index contributed by atoms with van der Waals surface area (Å²) in [4.78, 5) is 10.5. The zero-order chi connectivity index (χ0) is 14.4. The van der Waals surface area contributed by atoms with Gasteiger partial charge in [0.05, 0.1) is 6.61 Å². The van der Waals surface area contributed by atoms with Gasteiger partial charge >= 0.3 is 5.97 Å². The molecular weight excluding hydrogens is 256 g/mol. The summed E-state index contributed by atoms with van der Waals surface area (Å²) in [5.41, 5.74) is 1.90. The molecule has 1 aliphatic rings. The molecule has 108 valence electrons. The molecule has 0 radical (unpaired) electrons. The van der Waals surface area contributed by atoms with E-state index in [4.69, 9.17) is 14.6 Å². The molecule has 0 amide bonds. The lowest BCUT2D eigenvalue weighted by Crippen LogP contribution is -2.21. The van der Waals surface area contributed by atoms with Gasteiger partial charge < -0.3 is 14.6 Å². The van der Waals surface area contributed by atoms with Gasteiger partial charge in [-0.2, -0.15) is 0 Å². The zero-order valence-corrected chi connectivity index (χ0v) is 11.7. The first kappa shape index (κ1) is 14.6. The van der Waals surface area contributed by atoms with E-state index in [0.717, 1.165) is 49.0 Å². The van der Waals surface area contributed by atoms with E-state index in [0.29, 0.717) is 12.5 Å². The molecule has 2 rings (SSSR count). The summed E-state index contributed by atoms with van der Waals surface area (Å²) in [7, 11) is 0. The van der Waals surface area contributed by atoms with E-state index in [1.807, 2.05) is 25.1 Å². The van der Waals surface area contributed by atoms with Crippen LogP contribution in [-0.4, -0.2) is 30.9 Å². The molecule has 0 aromatic heterocycles. The maximum Gasteiger partial charge on any atom is 0.328 e. The molecule has 0 unspecified atom stereocenters. The second-order valence-corrected chi connectivity index (χ2v) is 5.06. The lowest BCUT2D eigenvalue weighted by molar-refractivity contribution is -0.131. The summed E-state index contributed by atoms with van der Waals surface area (Å²) in [6, 6.07) is 5.71. The molecule has 1 aliphatic heterocycles. The summed E-state index contributed by atoms with van der Waals surface area (Å²) in [6.45, 7) is 4.31. The number of aryl methyl sites for hydroxylation is 1. The standard InChI is InChI=1S/C16H20O4/c1-12-10-15(4-2-14(12)3-5-16(17)18)20-11-13-6-8-19-9-7-13/h2-5,10,13H,6-9,11H2,1H3,(H,17,18)/b5-3+. The van der Waals surface area contributed by atoms with E-state index in [1.165, 1.54) is 0 Å². The van der Waals surface area contributed by atoms with E-state index in [-0.39, 0.29) is 0 Å². The van der Waals surface area contributed by atoms with E-state index in [1.54, 1.807) is 6.08 Å². The maximum atomic E-state index is 10.5. The van der Waals surface area contributed by atoms with E-state index in [9.17, 15) is 4.79 Å². The number of rotatable bonds is 5. The number of benzene rings is 1. The molecule has 4 heteroatoms. The second-order valence-electron chi connectivity index (χ2n) is 5.06. The van der Waals surface area contributed by atoms with Crippen LogP contribution >= 0.6 is 0 Å². The van der Waals surface area contributed by atoms with Gasteiger partial charge in [-0.1, -0.05) is 6.07 Å². The van der Waals surface area contributed by atoms with Gasteiger partial charge in [0.2, 0.25) is 0 Å². The molecule has 1 N–H and O–H groups in total. The predicted octanol–water partition coefficient (Wildman–Crippen LogP) is 2.90. The fourth-order valence-corrected chi connectivity index (χ4v) is 2.21. The smallest absolute Gasteiger partial charge is 0.328 e. The lowest BCUT2D eigenvalue weighted by Gasteiger charge is -2.22. The van der Waals surface area contributed by atoms with Crippen molar-refractivity contribution in [2.24, 2.45) is 5.92 Å². The normalized spacial score (nSPS) is 16.4. The Bertz CT molecular complexity index is 487. The van der Waals surface area contributed by atoms with Gasteiger partial charge in [-0.15, -0.1) is 0 Å². The molecule has 4 nitrogen and oxygen atoms in total. The van der Waals surface area contributed by atoms with Crippen LogP contribution in [0, 0.1) is 12.8 Å². The molecule has 1 aromatic rings. The van der Waals surface area contributed by atoms with Gasteiger partial charge in [0.15, 0.2) is 0 Å². The molecule has 1 aromatic carbocycles. The number of hydrogen-bond acceptors (Lipinski definition) is 3. The van der Waals surface area contributed by atoms with E-state index in [2.05, 4.69) is 0 Å². The highest BCUT2D eigenvalue weighted by molar-refractivity contribution is 5.85. The van der Waals surface area contributed by atoms with Crippen molar-refractivity contribution in [3.63, 3.8) is 0 Å². The highest BCUT2D eigenvalue weighted by Gasteiger charge is 2.14. The van der Waals surface area contributed by atoms with Crippen LogP contribution in [0.25, 0.3) is 6.08 Å². The van der Waals surface area contributed by atoms with Crippen LogP contribution in [0.2, 0.25) is 0 Å². The fraction of sp³-hybridized carbons (Fsp3) is 0.438. The first-order chi connectivity index (χ1) is 9.65. The first-order valence-electron chi connectivity index (χ1n) is 6.87. The summed E-state index contributed by atoms with van der Waals surface area (Å²) in [6.07, 6.45) is 4.85. The summed E-state index contributed by atoms with van der Waals surface area (Å²) in [5.74, 6) is 0.460. The van der Waals surface area contributed by atoms with Gasteiger partial charge in [-0.25, -0.2) is 4.79 Å². The van der Waals surface area contributed by atoms with Gasteiger partial charge in [0, 0.05) is 19.3 Å². The van der Waals surface area contributed by atoms with E-state index < -0.39 is 5.97 Å². The number of ether oxygens (including phenoxy) is 2. The Kier molecular flexibility index (Phi) is 5.18. The molecule has 0 bridgehead atoms. The topological polar surface area (TPSA) is 55.8 Å². The zero-order valence-electron chi connectivity index (χ0n) is 11.7. The van der Waals surface area contributed by atoms with Gasteiger partial charge in [-0.05, 0) is 55.0 Å². The maximum absolute atomic E-state index is 10.5. The Balaban J connectivity index is 1.92. The average molecular weight is 276 g/mol. The van der Waals surface area contributed by atoms with Crippen molar-refractivity contribution in [1.82, 2.24) is 0 Å². The lowest BCUT2D eigenvalue weighted by atomic mass is 10.0. The third-order valence-electron chi connectivity index (χ3n) is 3.47. The van der Waals surface area contributed by atoms with E-state index >= 15 is 0 Å². The molecule has 0 spiro atoms. The Morgan fingerprint density at radius 3 is 2.85 bits per heavy atom. The third kappa shape index (κ3) is 4.38. The fourth-order valence-electron chi connectivity index (χ4n) is 2.21. The molecule has 1 saturated heterocycles. The molecule has 0 saturated carbocycles. The van der Waals surface area contributed by atoms with Crippen LogP contribution < -0.4 is 4.74 Å². The highest BCUT2D eigenvalue weighted by atomic mass is 16.5.